The second-order valence-electron chi connectivity index (χ2n) is 10.8. The highest BCUT2D eigenvalue weighted by atomic mass is 79.9. The van der Waals surface area contributed by atoms with Gasteiger partial charge in [-0.25, -0.2) is 0 Å². The number of hydrogen-bond acceptors (Lipinski definition) is 7. The van der Waals surface area contributed by atoms with E-state index in [4.69, 9.17) is 32.7 Å². The summed E-state index contributed by atoms with van der Waals surface area (Å²) in [5.74, 6) is -5.28. The molecule has 0 aromatic heterocycles. The van der Waals surface area contributed by atoms with E-state index in [-0.39, 0.29) is 36.0 Å². The number of likely N-dealkylation sites (tertiary alicyclic amines) is 1. The van der Waals surface area contributed by atoms with Gasteiger partial charge in [-0.1, -0.05) is 27.6 Å². The van der Waals surface area contributed by atoms with Crippen LogP contribution >= 0.6 is 39.1 Å². The topological polar surface area (TPSA) is 113 Å². The first-order valence-corrected chi connectivity index (χ1v) is 14.4. The van der Waals surface area contributed by atoms with Crippen molar-refractivity contribution in [2.24, 2.45) is 17.8 Å². The molecule has 214 valence electrons. The van der Waals surface area contributed by atoms with Gasteiger partial charge in [0.1, 0.15) is 17.2 Å². The Kier molecular flexibility index (Phi) is 6.48. The Morgan fingerprint density at radius 2 is 1.56 bits per heavy atom. The standard InChI is InChI=1S/C29H25BrCl2N2O7/c1-33-26(38)28(31)12-18-16(8-9-17-21(18)25(37)34(24(17)36)14-6-4-13(30)5-7-14)23(29(28,32)27(33)39)22-19(40-2)10-15(35)11-20(22)41-3/h4-8,10-11,17-18,21,23,35H,9,12H2,1-3H3/t17-,18+,21-,23+,28+,29-/m0/s1. The molecule has 0 spiro atoms. The summed E-state index contributed by atoms with van der Waals surface area (Å²) in [5, 5.41) is 10.3. The second kappa shape index (κ2) is 9.47. The number of ether oxygens (including phenoxy) is 2. The lowest BCUT2D eigenvalue weighted by Crippen LogP contribution is -2.60. The van der Waals surface area contributed by atoms with Crippen LogP contribution in [0.2, 0.25) is 0 Å². The third kappa shape index (κ3) is 3.59. The molecule has 1 saturated carbocycles. The van der Waals surface area contributed by atoms with Gasteiger partial charge in [0.15, 0.2) is 9.75 Å². The molecule has 0 radical (unpaired) electrons. The number of anilines is 1. The van der Waals surface area contributed by atoms with Gasteiger partial charge in [-0.2, -0.15) is 0 Å². The van der Waals surface area contributed by atoms with Crippen LogP contribution < -0.4 is 14.4 Å². The third-order valence-electron chi connectivity index (χ3n) is 8.92. The predicted molar refractivity (Wildman–Crippen MR) is 153 cm³/mol. The van der Waals surface area contributed by atoms with E-state index >= 15 is 0 Å². The average Bonchev–Trinajstić information content (AvgIpc) is 3.28. The number of allylic oxidation sites excluding steroid dienone is 2. The Bertz CT molecular complexity index is 1540. The molecule has 2 heterocycles. The lowest BCUT2D eigenvalue weighted by Gasteiger charge is -2.51. The van der Waals surface area contributed by atoms with Crippen molar-refractivity contribution in [2.45, 2.75) is 28.5 Å². The Morgan fingerprint density at radius 3 is 2.15 bits per heavy atom. The van der Waals surface area contributed by atoms with Crippen LogP contribution in [0.1, 0.15) is 24.3 Å². The fourth-order valence-corrected chi connectivity index (χ4v) is 8.38. The van der Waals surface area contributed by atoms with E-state index in [9.17, 15) is 24.3 Å². The number of fused-ring (bicyclic) bond motifs is 4. The van der Waals surface area contributed by atoms with Crippen molar-refractivity contribution in [2.75, 3.05) is 26.2 Å². The molecule has 0 unspecified atom stereocenters. The summed E-state index contributed by atoms with van der Waals surface area (Å²) in [6.07, 6.45) is 1.91. The molecule has 4 aliphatic rings. The molecule has 2 aliphatic heterocycles. The number of phenolic OH excluding ortho intramolecular Hbond substituents is 1. The summed E-state index contributed by atoms with van der Waals surface area (Å²) in [4.78, 5) is 53.3. The van der Waals surface area contributed by atoms with Crippen molar-refractivity contribution in [3.8, 4) is 17.2 Å². The maximum Gasteiger partial charge on any atom is 0.253 e. The van der Waals surface area contributed by atoms with Gasteiger partial charge in [0.2, 0.25) is 11.8 Å². The van der Waals surface area contributed by atoms with Gasteiger partial charge in [0, 0.05) is 35.1 Å². The molecule has 6 atom stereocenters. The third-order valence-corrected chi connectivity index (χ3v) is 10.9. The average molecular weight is 664 g/mol. The molecule has 2 aliphatic carbocycles. The lowest BCUT2D eigenvalue weighted by molar-refractivity contribution is -0.138. The number of methoxy groups -OCH3 is 2. The van der Waals surface area contributed by atoms with Crippen LogP contribution in [0.25, 0.3) is 0 Å². The van der Waals surface area contributed by atoms with E-state index in [0.29, 0.717) is 16.8 Å². The minimum atomic E-state index is -2.01. The van der Waals surface area contributed by atoms with Crippen molar-refractivity contribution in [1.82, 2.24) is 4.90 Å². The molecular formula is C29H25BrCl2N2O7. The number of rotatable bonds is 4. The highest BCUT2D eigenvalue weighted by Crippen LogP contribution is 2.67. The van der Waals surface area contributed by atoms with E-state index in [1.165, 1.54) is 38.3 Å². The minimum Gasteiger partial charge on any atom is -0.508 e. The summed E-state index contributed by atoms with van der Waals surface area (Å²) in [6.45, 7) is 0. The lowest BCUT2D eigenvalue weighted by atomic mass is 9.56. The van der Waals surface area contributed by atoms with Crippen LogP contribution in [-0.2, 0) is 19.2 Å². The van der Waals surface area contributed by atoms with E-state index in [0.717, 1.165) is 9.37 Å². The highest BCUT2D eigenvalue weighted by Gasteiger charge is 2.76. The van der Waals surface area contributed by atoms with Gasteiger partial charge in [-0.05, 0) is 43.0 Å². The molecule has 3 fully saturated rings. The Balaban J connectivity index is 1.57. The van der Waals surface area contributed by atoms with Crippen molar-refractivity contribution < 1.29 is 33.8 Å². The summed E-state index contributed by atoms with van der Waals surface area (Å²) in [5.41, 5.74) is 1.34. The number of carbonyl (C=O) groups is 4. The molecule has 2 aromatic carbocycles. The van der Waals surface area contributed by atoms with Crippen LogP contribution in [-0.4, -0.2) is 64.7 Å². The van der Waals surface area contributed by atoms with Gasteiger partial charge < -0.3 is 14.6 Å². The van der Waals surface area contributed by atoms with Crippen LogP contribution in [0.3, 0.4) is 0 Å². The molecule has 41 heavy (non-hydrogen) atoms. The number of hydrogen-bond donors (Lipinski definition) is 1. The molecule has 9 nitrogen and oxygen atoms in total. The molecule has 6 rings (SSSR count). The fraction of sp³-hybridized carbons (Fsp3) is 0.379. The zero-order valence-electron chi connectivity index (χ0n) is 22.2. The molecule has 12 heteroatoms. The first kappa shape index (κ1) is 28.1. The van der Waals surface area contributed by atoms with E-state index in [2.05, 4.69) is 15.9 Å². The van der Waals surface area contributed by atoms with Gasteiger partial charge in [-0.3, -0.25) is 29.0 Å². The summed E-state index contributed by atoms with van der Waals surface area (Å²) < 4.78 is 12.0. The maximum absolute atomic E-state index is 14.1. The molecule has 4 amide bonds. The smallest absolute Gasteiger partial charge is 0.253 e. The number of carbonyl (C=O) groups excluding carboxylic acids is 4. The van der Waals surface area contributed by atoms with Gasteiger partial charge in [-0.15, -0.1) is 23.2 Å². The van der Waals surface area contributed by atoms with Crippen molar-refractivity contribution in [1.29, 1.82) is 0 Å². The number of imide groups is 2. The molecule has 2 aromatic rings. The van der Waals surface area contributed by atoms with Crippen LogP contribution in [0, 0.1) is 17.8 Å². The summed E-state index contributed by atoms with van der Waals surface area (Å²) in [7, 11) is 4.10. The van der Waals surface area contributed by atoms with Crippen molar-refractivity contribution in [3.63, 3.8) is 0 Å². The largest absolute Gasteiger partial charge is 0.508 e. The highest BCUT2D eigenvalue weighted by molar-refractivity contribution is 9.10. The van der Waals surface area contributed by atoms with E-state index in [1.807, 2.05) is 6.08 Å². The van der Waals surface area contributed by atoms with Crippen LogP contribution in [0.4, 0.5) is 5.69 Å². The summed E-state index contributed by atoms with van der Waals surface area (Å²) >= 11 is 17.8. The first-order valence-electron chi connectivity index (χ1n) is 12.9. The molecule has 2 saturated heterocycles. The predicted octanol–water partition coefficient (Wildman–Crippen LogP) is 4.37. The quantitative estimate of drug-likeness (QED) is 0.294. The number of amides is 4. The number of aromatic hydroxyl groups is 1. The fourth-order valence-electron chi connectivity index (χ4n) is 7.12. The zero-order chi connectivity index (χ0) is 29.6. The second-order valence-corrected chi connectivity index (χ2v) is 12.9. The molecular weight excluding hydrogens is 639 g/mol. The van der Waals surface area contributed by atoms with Crippen LogP contribution in [0.5, 0.6) is 17.2 Å². The maximum atomic E-state index is 14.1. The Hall–Kier alpha value is -3.08. The van der Waals surface area contributed by atoms with Crippen molar-refractivity contribution >= 4 is 68.4 Å². The SMILES string of the molecule is COc1cc(O)cc(OC)c1[C@H]1C2=CC[C@@H]3C(=O)N(c4ccc(Br)cc4)C(=O)[C@@H]3[C@@H]2C[C@@]2(Cl)C(=O)N(C)C(=O)[C@@]12Cl. The number of nitrogens with zero attached hydrogens (tertiary/aromatic N) is 2. The van der Waals surface area contributed by atoms with Crippen LogP contribution in [0.15, 0.2) is 52.5 Å². The van der Waals surface area contributed by atoms with Gasteiger partial charge in [0.05, 0.1) is 31.7 Å². The normalized spacial score (nSPS) is 32.5. The monoisotopic (exact) mass is 662 g/mol. The number of alkyl halides is 2. The van der Waals surface area contributed by atoms with Gasteiger partial charge >= 0.3 is 0 Å². The molecule has 0 bridgehead atoms. The first-order chi connectivity index (χ1) is 19.4. The zero-order valence-corrected chi connectivity index (χ0v) is 25.3. The van der Waals surface area contributed by atoms with E-state index in [1.54, 1.807) is 24.3 Å². The Labute approximate surface area is 254 Å². The summed E-state index contributed by atoms with van der Waals surface area (Å²) in [6, 6.07) is 9.57. The number of halogens is 3. The minimum absolute atomic E-state index is 0.133. The Morgan fingerprint density at radius 1 is 0.951 bits per heavy atom. The van der Waals surface area contributed by atoms with E-state index < -0.39 is 51.1 Å². The number of phenols is 1. The number of benzene rings is 2. The molecule has 1 N–H and O–H groups in total. The van der Waals surface area contributed by atoms with Crippen molar-refractivity contribution in [3.05, 3.63) is 58.1 Å². The van der Waals surface area contributed by atoms with Gasteiger partial charge in [0.25, 0.3) is 11.8 Å².